The zero-order valence-corrected chi connectivity index (χ0v) is 14.7. The van der Waals surface area contributed by atoms with Crippen molar-refractivity contribution in [1.82, 2.24) is 4.90 Å². The van der Waals surface area contributed by atoms with Crippen LogP contribution in [-0.4, -0.2) is 37.0 Å². The average Bonchev–Trinajstić information content (AvgIpc) is 2.60. The second-order valence-corrected chi connectivity index (χ2v) is 6.60. The van der Waals surface area contributed by atoms with E-state index in [1.165, 1.54) is 28.9 Å². The fourth-order valence-electron chi connectivity index (χ4n) is 3.50. The Morgan fingerprint density at radius 1 is 1.04 bits per heavy atom. The van der Waals surface area contributed by atoms with Crippen molar-refractivity contribution >= 4 is 11.6 Å². The SMILES string of the molecule is Cc1cccc(N2CCN(C(C(N)=O)c3ccc(F)cc3)CC2)c1C. The van der Waals surface area contributed by atoms with Crippen LogP contribution in [0.15, 0.2) is 42.5 Å². The van der Waals surface area contributed by atoms with Crippen LogP contribution in [0.1, 0.15) is 22.7 Å². The molecule has 1 atom stereocenters. The molecule has 4 nitrogen and oxygen atoms in total. The number of nitrogens with zero attached hydrogens (tertiary/aromatic N) is 2. The summed E-state index contributed by atoms with van der Waals surface area (Å²) in [5, 5.41) is 0. The molecule has 1 heterocycles. The van der Waals surface area contributed by atoms with Gasteiger partial charge >= 0.3 is 0 Å². The van der Waals surface area contributed by atoms with Crippen LogP contribution in [0, 0.1) is 19.7 Å². The Labute approximate surface area is 148 Å². The van der Waals surface area contributed by atoms with Gasteiger partial charge in [0, 0.05) is 31.9 Å². The normalized spacial score (nSPS) is 16.7. The first-order valence-electron chi connectivity index (χ1n) is 8.57. The molecule has 0 radical (unpaired) electrons. The van der Waals surface area contributed by atoms with Crippen LogP contribution < -0.4 is 10.6 Å². The third kappa shape index (κ3) is 3.66. The minimum absolute atomic E-state index is 0.313. The van der Waals surface area contributed by atoms with E-state index < -0.39 is 11.9 Å². The van der Waals surface area contributed by atoms with Crippen LogP contribution in [0.2, 0.25) is 0 Å². The topological polar surface area (TPSA) is 49.6 Å². The monoisotopic (exact) mass is 341 g/mol. The van der Waals surface area contributed by atoms with Gasteiger partial charge in [-0.15, -0.1) is 0 Å². The number of anilines is 1. The first-order chi connectivity index (χ1) is 12.0. The molecule has 1 saturated heterocycles. The molecule has 1 amide bonds. The van der Waals surface area contributed by atoms with E-state index in [0.717, 1.165) is 31.7 Å². The fraction of sp³-hybridized carbons (Fsp3) is 0.350. The average molecular weight is 341 g/mol. The Balaban J connectivity index is 1.74. The van der Waals surface area contributed by atoms with Gasteiger partial charge in [0.15, 0.2) is 0 Å². The Morgan fingerprint density at radius 2 is 1.68 bits per heavy atom. The molecule has 1 unspecified atom stereocenters. The fourth-order valence-corrected chi connectivity index (χ4v) is 3.50. The number of hydrogen-bond donors (Lipinski definition) is 1. The van der Waals surface area contributed by atoms with E-state index in [1.807, 2.05) is 0 Å². The second-order valence-electron chi connectivity index (χ2n) is 6.60. The van der Waals surface area contributed by atoms with Crippen LogP contribution in [0.5, 0.6) is 0 Å². The summed E-state index contributed by atoms with van der Waals surface area (Å²) in [7, 11) is 0. The lowest BCUT2D eigenvalue weighted by molar-refractivity contribution is -0.123. The molecule has 0 spiro atoms. The zero-order chi connectivity index (χ0) is 18.0. The highest BCUT2D eigenvalue weighted by atomic mass is 19.1. The van der Waals surface area contributed by atoms with Crippen LogP contribution in [0.25, 0.3) is 0 Å². The quantitative estimate of drug-likeness (QED) is 0.930. The summed E-state index contributed by atoms with van der Waals surface area (Å²) >= 11 is 0. The highest BCUT2D eigenvalue weighted by Gasteiger charge is 2.29. The smallest absolute Gasteiger partial charge is 0.239 e. The summed E-state index contributed by atoms with van der Waals surface area (Å²) in [6.45, 7) is 7.38. The van der Waals surface area contributed by atoms with E-state index in [9.17, 15) is 9.18 Å². The number of benzene rings is 2. The lowest BCUT2D eigenvalue weighted by Crippen LogP contribution is -2.50. The summed E-state index contributed by atoms with van der Waals surface area (Å²) in [6, 6.07) is 11.9. The van der Waals surface area contributed by atoms with Crippen LogP contribution >= 0.6 is 0 Å². The summed E-state index contributed by atoms with van der Waals surface area (Å²) in [5.41, 5.74) is 10.2. The van der Waals surface area contributed by atoms with Crippen molar-refractivity contribution in [2.75, 3.05) is 31.1 Å². The second kappa shape index (κ2) is 7.23. The first kappa shape index (κ1) is 17.4. The van der Waals surface area contributed by atoms with Gasteiger partial charge in [-0.1, -0.05) is 24.3 Å². The largest absolute Gasteiger partial charge is 0.369 e. The summed E-state index contributed by atoms with van der Waals surface area (Å²) in [5.74, 6) is -0.710. The molecule has 0 aromatic heterocycles. The predicted octanol–water partition coefficient (Wildman–Crippen LogP) is 2.79. The van der Waals surface area contributed by atoms with Crippen molar-refractivity contribution in [3.63, 3.8) is 0 Å². The molecule has 1 aliphatic rings. The molecule has 1 fully saturated rings. The van der Waals surface area contributed by atoms with E-state index in [1.54, 1.807) is 12.1 Å². The number of carbonyl (C=O) groups excluding carboxylic acids is 1. The van der Waals surface area contributed by atoms with Crippen LogP contribution in [-0.2, 0) is 4.79 Å². The van der Waals surface area contributed by atoms with Crippen molar-refractivity contribution in [3.8, 4) is 0 Å². The predicted molar refractivity (Wildman–Crippen MR) is 98.0 cm³/mol. The maximum Gasteiger partial charge on any atom is 0.239 e. The number of hydrogen-bond acceptors (Lipinski definition) is 3. The van der Waals surface area contributed by atoms with E-state index >= 15 is 0 Å². The standard InChI is InChI=1S/C20H24FN3O/c1-14-4-3-5-18(15(14)2)23-10-12-24(13-11-23)19(20(22)25)16-6-8-17(21)9-7-16/h3-9,19H,10-13H2,1-2H3,(H2,22,25). The summed E-state index contributed by atoms with van der Waals surface area (Å²) < 4.78 is 13.2. The van der Waals surface area contributed by atoms with E-state index in [4.69, 9.17) is 5.73 Å². The Morgan fingerprint density at radius 3 is 2.28 bits per heavy atom. The maximum atomic E-state index is 13.2. The van der Waals surface area contributed by atoms with Gasteiger partial charge in [-0.3, -0.25) is 9.69 Å². The Bertz CT molecular complexity index is 752. The molecule has 2 aromatic carbocycles. The van der Waals surface area contributed by atoms with E-state index in [0.29, 0.717) is 0 Å². The number of aryl methyl sites for hydroxylation is 1. The third-order valence-corrected chi connectivity index (χ3v) is 5.05. The maximum absolute atomic E-state index is 13.2. The van der Waals surface area contributed by atoms with Gasteiger partial charge in [-0.25, -0.2) is 4.39 Å². The molecule has 3 rings (SSSR count). The highest BCUT2D eigenvalue weighted by Crippen LogP contribution is 2.27. The van der Waals surface area contributed by atoms with Crippen molar-refractivity contribution in [3.05, 3.63) is 65.0 Å². The van der Waals surface area contributed by atoms with Gasteiger partial charge in [-0.2, -0.15) is 0 Å². The van der Waals surface area contributed by atoms with Gasteiger partial charge in [0.05, 0.1) is 0 Å². The van der Waals surface area contributed by atoms with Gasteiger partial charge in [-0.05, 0) is 48.7 Å². The molecule has 0 saturated carbocycles. The molecule has 25 heavy (non-hydrogen) atoms. The lowest BCUT2D eigenvalue weighted by atomic mass is 10.0. The van der Waals surface area contributed by atoms with E-state index in [2.05, 4.69) is 41.8 Å². The van der Waals surface area contributed by atoms with Gasteiger partial charge in [0.25, 0.3) is 0 Å². The first-order valence-corrected chi connectivity index (χ1v) is 8.57. The zero-order valence-electron chi connectivity index (χ0n) is 14.7. The van der Waals surface area contributed by atoms with Gasteiger partial charge < -0.3 is 10.6 Å². The van der Waals surface area contributed by atoms with Crippen molar-refractivity contribution < 1.29 is 9.18 Å². The minimum Gasteiger partial charge on any atom is -0.369 e. The summed E-state index contributed by atoms with van der Waals surface area (Å²) in [6.07, 6.45) is 0. The van der Waals surface area contributed by atoms with Crippen LogP contribution in [0.3, 0.4) is 0 Å². The number of primary amides is 1. The number of halogens is 1. The Kier molecular flexibility index (Phi) is 5.04. The van der Waals surface area contributed by atoms with Crippen LogP contribution in [0.4, 0.5) is 10.1 Å². The van der Waals surface area contributed by atoms with Gasteiger partial charge in [0.1, 0.15) is 11.9 Å². The molecule has 2 N–H and O–H groups in total. The van der Waals surface area contributed by atoms with Crippen molar-refractivity contribution in [2.24, 2.45) is 5.73 Å². The van der Waals surface area contributed by atoms with Gasteiger partial charge in [0.2, 0.25) is 5.91 Å². The molecule has 2 aromatic rings. The molecule has 5 heteroatoms. The number of piperazine rings is 1. The number of rotatable bonds is 4. The molecule has 0 aliphatic carbocycles. The van der Waals surface area contributed by atoms with E-state index in [-0.39, 0.29) is 5.82 Å². The molecule has 132 valence electrons. The molecular weight excluding hydrogens is 317 g/mol. The third-order valence-electron chi connectivity index (χ3n) is 5.05. The highest BCUT2D eigenvalue weighted by molar-refractivity contribution is 5.81. The molecule has 1 aliphatic heterocycles. The number of carbonyl (C=O) groups is 1. The minimum atomic E-state index is -0.513. The molecule has 0 bridgehead atoms. The molecular formula is C20H24FN3O. The van der Waals surface area contributed by atoms with Crippen molar-refractivity contribution in [1.29, 1.82) is 0 Å². The van der Waals surface area contributed by atoms with Crippen molar-refractivity contribution in [2.45, 2.75) is 19.9 Å². The number of amides is 1. The Hall–Kier alpha value is -2.40. The number of nitrogens with two attached hydrogens (primary N) is 1. The lowest BCUT2D eigenvalue weighted by Gasteiger charge is -2.40. The summed E-state index contributed by atoms with van der Waals surface area (Å²) in [4.78, 5) is 16.4.